The van der Waals surface area contributed by atoms with Crippen LogP contribution in [0.4, 0.5) is 5.82 Å². The second-order valence-electron chi connectivity index (χ2n) is 7.58. The lowest BCUT2D eigenvalue weighted by Gasteiger charge is -2.22. The molecule has 1 aliphatic rings. The third kappa shape index (κ3) is 4.10. The number of anilines is 1. The first kappa shape index (κ1) is 23.4. The Bertz CT molecular complexity index is 1290. The lowest BCUT2D eigenvalue weighted by Crippen LogP contribution is -2.43. The van der Waals surface area contributed by atoms with Crippen molar-refractivity contribution in [1.29, 1.82) is 0 Å². The summed E-state index contributed by atoms with van der Waals surface area (Å²) in [6.45, 7) is 1.15. The highest BCUT2D eigenvalue weighted by atomic mass is 32.2. The Morgan fingerprint density at radius 2 is 1.75 bits per heavy atom. The molecule has 12 heteroatoms. The first-order valence-corrected chi connectivity index (χ1v) is 11.2. The van der Waals surface area contributed by atoms with Crippen molar-refractivity contribution in [3.8, 4) is 0 Å². The summed E-state index contributed by atoms with van der Waals surface area (Å²) >= 11 is 0. The van der Waals surface area contributed by atoms with Crippen LogP contribution in [0, 0.1) is 6.92 Å². The van der Waals surface area contributed by atoms with Gasteiger partial charge in [-0.05, 0) is 31.9 Å². The summed E-state index contributed by atoms with van der Waals surface area (Å²) in [5.74, 6) is -2.13. The van der Waals surface area contributed by atoms with Gasteiger partial charge in [0.15, 0.2) is 6.61 Å². The van der Waals surface area contributed by atoms with Crippen LogP contribution in [0.15, 0.2) is 38.8 Å². The van der Waals surface area contributed by atoms with E-state index in [0.717, 1.165) is 19.0 Å². The Balaban J connectivity index is 1.78. The largest absolute Gasteiger partial charge is 0.456 e. The lowest BCUT2D eigenvalue weighted by molar-refractivity contribution is -0.146. The zero-order chi connectivity index (χ0) is 23.8. The van der Waals surface area contributed by atoms with Gasteiger partial charge in [-0.1, -0.05) is 17.7 Å². The number of ether oxygens (including phenoxy) is 1. The van der Waals surface area contributed by atoms with Crippen molar-refractivity contribution in [2.45, 2.75) is 30.7 Å². The van der Waals surface area contributed by atoms with Crippen molar-refractivity contribution < 1.29 is 22.7 Å². The summed E-state index contributed by atoms with van der Waals surface area (Å²) < 4.78 is 33.7. The standard InChI is InChI=1S/C20H24N4O7S/c1-12-6-8-13(9-7-12)32(29,30)24-10-4-5-14(24)19(27)31-11-15(25)16-17(21)22(2)20(28)23(3)18(16)26/h6-9,14H,4-5,10-11,21H2,1-3H3/t14-/m0/s1. The molecular formula is C20H24N4O7S. The summed E-state index contributed by atoms with van der Waals surface area (Å²) in [6, 6.07) is 5.16. The Kier molecular flexibility index (Phi) is 6.37. The van der Waals surface area contributed by atoms with E-state index >= 15 is 0 Å². The summed E-state index contributed by atoms with van der Waals surface area (Å²) in [5.41, 5.74) is 4.54. The number of nitrogens with two attached hydrogens (primary N) is 1. The van der Waals surface area contributed by atoms with Crippen LogP contribution in [0.2, 0.25) is 0 Å². The number of carbonyl (C=O) groups is 2. The molecule has 1 saturated heterocycles. The van der Waals surface area contributed by atoms with Crippen molar-refractivity contribution in [3.05, 3.63) is 56.2 Å². The Labute approximate surface area is 184 Å². The van der Waals surface area contributed by atoms with Gasteiger partial charge in [0, 0.05) is 20.6 Å². The van der Waals surface area contributed by atoms with E-state index in [1.165, 1.54) is 26.2 Å². The first-order chi connectivity index (χ1) is 15.0. The molecule has 0 bridgehead atoms. The van der Waals surface area contributed by atoms with Crippen LogP contribution in [-0.2, 0) is 33.7 Å². The van der Waals surface area contributed by atoms with E-state index in [1.54, 1.807) is 12.1 Å². The Hall–Kier alpha value is -3.25. The van der Waals surface area contributed by atoms with E-state index in [9.17, 15) is 27.6 Å². The molecule has 32 heavy (non-hydrogen) atoms. The smallest absolute Gasteiger partial charge is 0.332 e. The number of nitrogens with zero attached hydrogens (tertiary/aromatic N) is 3. The van der Waals surface area contributed by atoms with Gasteiger partial charge in [-0.2, -0.15) is 4.31 Å². The highest BCUT2D eigenvalue weighted by Gasteiger charge is 2.40. The predicted molar refractivity (Wildman–Crippen MR) is 115 cm³/mol. The molecule has 0 amide bonds. The molecule has 3 rings (SSSR count). The maximum absolute atomic E-state index is 13.0. The van der Waals surface area contributed by atoms with Gasteiger partial charge in [0.2, 0.25) is 15.8 Å². The fraction of sp³-hybridized carbons (Fsp3) is 0.400. The number of hydrogen-bond acceptors (Lipinski definition) is 8. The fourth-order valence-electron chi connectivity index (χ4n) is 3.54. The van der Waals surface area contributed by atoms with E-state index in [1.807, 2.05) is 6.92 Å². The van der Waals surface area contributed by atoms with Crippen LogP contribution in [0.25, 0.3) is 0 Å². The fourth-order valence-corrected chi connectivity index (χ4v) is 5.18. The van der Waals surface area contributed by atoms with E-state index < -0.39 is 51.2 Å². The first-order valence-electron chi connectivity index (χ1n) is 9.80. The topological polar surface area (TPSA) is 151 Å². The zero-order valence-corrected chi connectivity index (χ0v) is 18.7. The van der Waals surface area contributed by atoms with Crippen molar-refractivity contribution >= 4 is 27.6 Å². The van der Waals surface area contributed by atoms with Crippen molar-refractivity contribution in [2.75, 3.05) is 18.9 Å². The van der Waals surface area contributed by atoms with Crippen LogP contribution < -0.4 is 17.0 Å². The van der Waals surface area contributed by atoms with Gasteiger partial charge in [-0.25, -0.2) is 13.2 Å². The molecule has 0 spiro atoms. The summed E-state index contributed by atoms with van der Waals surface area (Å²) in [4.78, 5) is 49.4. The monoisotopic (exact) mass is 464 g/mol. The van der Waals surface area contributed by atoms with Gasteiger partial charge in [0.25, 0.3) is 5.56 Å². The average molecular weight is 465 g/mol. The van der Waals surface area contributed by atoms with Crippen LogP contribution in [0.1, 0.15) is 28.8 Å². The molecule has 172 valence electrons. The van der Waals surface area contributed by atoms with Crippen molar-refractivity contribution in [1.82, 2.24) is 13.4 Å². The van der Waals surface area contributed by atoms with Gasteiger partial charge in [0.1, 0.15) is 17.4 Å². The highest BCUT2D eigenvalue weighted by Crippen LogP contribution is 2.27. The molecule has 2 N–H and O–H groups in total. The third-order valence-electron chi connectivity index (χ3n) is 5.44. The van der Waals surface area contributed by atoms with Crippen LogP contribution in [0.3, 0.4) is 0 Å². The van der Waals surface area contributed by atoms with Crippen LogP contribution in [-0.4, -0.2) is 52.8 Å². The molecule has 1 aliphatic heterocycles. The molecule has 1 aromatic heterocycles. The highest BCUT2D eigenvalue weighted by molar-refractivity contribution is 7.89. The van der Waals surface area contributed by atoms with Crippen LogP contribution >= 0.6 is 0 Å². The molecule has 1 atom stereocenters. The second kappa shape index (κ2) is 8.71. The van der Waals surface area contributed by atoms with Crippen LogP contribution in [0.5, 0.6) is 0 Å². The average Bonchev–Trinajstić information content (AvgIpc) is 3.26. The number of aromatic nitrogens is 2. The Morgan fingerprint density at radius 1 is 1.12 bits per heavy atom. The van der Waals surface area contributed by atoms with Gasteiger partial charge >= 0.3 is 11.7 Å². The van der Waals surface area contributed by atoms with E-state index in [-0.39, 0.29) is 23.7 Å². The van der Waals surface area contributed by atoms with Gasteiger partial charge in [-0.15, -0.1) is 0 Å². The third-order valence-corrected chi connectivity index (χ3v) is 7.36. The number of sulfonamides is 1. The molecule has 2 aromatic rings. The van der Waals surface area contributed by atoms with E-state index in [2.05, 4.69) is 0 Å². The molecule has 0 radical (unpaired) electrons. The van der Waals surface area contributed by atoms with Gasteiger partial charge in [-0.3, -0.25) is 23.5 Å². The zero-order valence-electron chi connectivity index (χ0n) is 17.9. The van der Waals surface area contributed by atoms with E-state index in [4.69, 9.17) is 10.5 Å². The number of aryl methyl sites for hydroxylation is 1. The molecule has 1 fully saturated rings. The number of Topliss-reactive ketones (excluding diaryl/α,β-unsaturated/α-hetero) is 1. The summed E-state index contributed by atoms with van der Waals surface area (Å²) in [6.07, 6.45) is 0.689. The Morgan fingerprint density at radius 3 is 2.38 bits per heavy atom. The lowest BCUT2D eigenvalue weighted by atomic mass is 10.2. The SMILES string of the molecule is Cc1ccc(S(=O)(=O)N2CCC[C@H]2C(=O)OCC(=O)c2c(N)n(C)c(=O)n(C)c2=O)cc1. The maximum atomic E-state index is 13.0. The number of nitrogen functional groups attached to an aromatic ring is 1. The van der Waals surface area contributed by atoms with Gasteiger partial charge < -0.3 is 10.5 Å². The minimum atomic E-state index is -3.93. The number of benzene rings is 1. The maximum Gasteiger partial charge on any atom is 0.332 e. The van der Waals surface area contributed by atoms with Crippen molar-refractivity contribution in [3.63, 3.8) is 0 Å². The second-order valence-corrected chi connectivity index (χ2v) is 9.47. The molecule has 1 aromatic carbocycles. The molecule has 0 unspecified atom stereocenters. The molecule has 11 nitrogen and oxygen atoms in total. The number of ketones is 1. The number of rotatable bonds is 6. The normalized spacial score (nSPS) is 16.8. The quantitative estimate of drug-likeness (QED) is 0.446. The van der Waals surface area contributed by atoms with E-state index in [0.29, 0.717) is 6.42 Å². The minimum Gasteiger partial charge on any atom is -0.456 e. The molecule has 2 heterocycles. The molecule has 0 aliphatic carbocycles. The minimum absolute atomic E-state index is 0.0559. The number of esters is 1. The predicted octanol–water partition coefficient (Wildman–Crippen LogP) is -0.446. The number of hydrogen-bond donors (Lipinski definition) is 1. The summed E-state index contributed by atoms with van der Waals surface area (Å²) in [7, 11) is -1.44. The summed E-state index contributed by atoms with van der Waals surface area (Å²) in [5, 5.41) is 0. The molecular weight excluding hydrogens is 440 g/mol. The van der Waals surface area contributed by atoms with Crippen molar-refractivity contribution in [2.24, 2.45) is 14.1 Å². The van der Waals surface area contributed by atoms with Gasteiger partial charge in [0.05, 0.1) is 4.90 Å². The number of carbonyl (C=O) groups excluding carboxylic acids is 2. The molecule has 0 saturated carbocycles.